The predicted molar refractivity (Wildman–Crippen MR) is 84.6 cm³/mol. The Morgan fingerprint density at radius 1 is 1.32 bits per heavy atom. The molecule has 2 fully saturated rings. The lowest BCUT2D eigenvalue weighted by Crippen LogP contribution is -2.56. The van der Waals surface area contributed by atoms with E-state index >= 15 is 0 Å². The van der Waals surface area contributed by atoms with Crippen LogP contribution in [-0.2, 0) is 4.79 Å². The van der Waals surface area contributed by atoms with E-state index < -0.39 is 0 Å². The maximum atomic E-state index is 13.0. The zero-order chi connectivity index (χ0) is 15.6. The van der Waals surface area contributed by atoms with Gasteiger partial charge in [-0.3, -0.25) is 4.79 Å². The predicted octanol–water partition coefficient (Wildman–Crippen LogP) is 0.575. The van der Waals surface area contributed by atoms with Gasteiger partial charge in [-0.15, -0.1) is 0 Å². The molecule has 0 aliphatic carbocycles. The summed E-state index contributed by atoms with van der Waals surface area (Å²) in [4.78, 5) is 23.7. The lowest BCUT2D eigenvalue weighted by atomic mass is 9.80. The molecular formula is C15H26N6O. The molecular weight excluding hydrogens is 280 g/mol. The largest absolute Gasteiger partial charge is 0.339 e. The number of hydrogen-bond acceptors (Lipinski definition) is 5. The monoisotopic (exact) mass is 306 g/mol. The van der Waals surface area contributed by atoms with Crippen LogP contribution in [0.3, 0.4) is 0 Å². The minimum atomic E-state index is -0.220. The van der Waals surface area contributed by atoms with Gasteiger partial charge in [0.1, 0.15) is 6.33 Å². The number of anilines is 1. The molecule has 0 saturated carbocycles. The number of nitrogens with zero attached hydrogens (tertiary/aromatic N) is 5. The molecule has 2 aliphatic heterocycles. The number of amides is 1. The van der Waals surface area contributed by atoms with Gasteiger partial charge in [-0.2, -0.15) is 10.1 Å². The van der Waals surface area contributed by atoms with Crippen LogP contribution >= 0.6 is 0 Å². The van der Waals surface area contributed by atoms with Gasteiger partial charge in [0, 0.05) is 32.7 Å². The number of aromatic nitrogens is 3. The molecule has 0 unspecified atom stereocenters. The third-order valence-corrected chi connectivity index (χ3v) is 5.01. The van der Waals surface area contributed by atoms with Gasteiger partial charge in [0.2, 0.25) is 11.9 Å². The van der Waals surface area contributed by atoms with Crippen LogP contribution in [0.5, 0.6) is 0 Å². The van der Waals surface area contributed by atoms with Crippen LogP contribution in [-0.4, -0.2) is 76.7 Å². The zero-order valence-electron chi connectivity index (χ0n) is 13.6. The molecule has 7 heteroatoms. The van der Waals surface area contributed by atoms with Crippen molar-refractivity contribution in [1.29, 1.82) is 0 Å². The van der Waals surface area contributed by atoms with Crippen LogP contribution in [0, 0.1) is 5.41 Å². The summed E-state index contributed by atoms with van der Waals surface area (Å²) in [7, 11) is 0. The summed E-state index contributed by atoms with van der Waals surface area (Å²) in [6.07, 6.45) is 3.65. The van der Waals surface area contributed by atoms with E-state index in [-0.39, 0.29) is 5.41 Å². The topological polar surface area (TPSA) is 68.4 Å². The Bertz CT molecular complexity index is 496. The van der Waals surface area contributed by atoms with Gasteiger partial charge in [-0.1, -0.05) is 6.92 Å². The Morgan fingerprint density at radius 2 is 2.09 bits per heavy atom. The van der Waals surface area contributed by atoms with E-state index in [4.69, 9.17) is 0 Å². The maximum Gasteiger partial charge on any atom is 0.229 e. The number of likely N-dealkylation sites (tertiary alicyclic amines) is 1. The molecule has 0 aromatic carbocycles. The highest BCUT2D eigenvalue weighted by Gasteiger charge is 2.40. The third kappa shape index (κ3) is 2.95. The molecule has 3 heterocycles. The number of rotatable bonds is 3. The summed E-state index contributed by atoms with van der Waals surface area (Å²) in [5.41, 5.74) is -0.220. The molecule has 1 amide bonds. The Labute approximate surface area is 131 Å². The first kappa shape index (κ1) is 15.3. The highest BCUT2D eigenvalue weighted by Crippen LogP contribution is 2.32. The third-order valence-electron chi connectivity index (χ3n) is 5.01. The Balaban J connectivity index is 1.59. The molecule has 0 spiro atoms. The van der Waals surface area contributed by atoms with Crippen molar-refractivity contribution in [3.8, 4) is 0 Å². The van der Waals surface area contributed by atoms with Crippen LogP contribution in [0.1, 0.15) is 26.7 Å². The van der Waals surface area contributed by atoms with E-state index in [1.54, 1.807) is 0 Å². The van der Waals surface area contributed by atoms with Gasteiger partial charge >= 0.3 is 0 Å². The van der Waals surface area contributed by atoms with Crippen molar-refractivity contribution >= 4 is 11.9 Å². The highest BCUT2D eigenvalue weighted by molar-refractivity contribution is 5.83. The summed E-state index contributed by atoms with van der Waals surface area (Å²) >= 11 is 0. The van der Waals surface area contributed by atoms with Crippen LogP contribution in [0.2, 0.25) is 0 Å². The number of nitrogens with one attached hydrogen (secondary N) is 1. The SMILES string of the molecule is CCN1CCC[C@@](C)(C(=O)N2CCN(c3ncn[nH]3)CC2)C1. The number of piperazine rings is 1. The fourth-order valence-electron chi connectivity index (χ4n) is 3.64. The van der Waals surface area contributed by atoms with E-state index in [2.05, 4.69) is 38.8 Å². The van der Waals surface area contributed by atoms with Gasteiger partial charge in [0.25, 0.3) is 0 Å². The summed E-state index contributed by atoms with van der Waals surface area (Å²) < 4.78 is 0. The average molecular weight is 306 g/mol. The fourth-order valence-corrected chi connectivity index (χ4v) is 3.64. The Kier molecular flexibility index (Phi) is 4.33. The van der Waals surface area contributed by atoms with Crippen molar-refractivity contribution in [2.45, 2.75) is 26.7 Å². The van der Waals surface area contributed by atoms with Crippen molar-refractivity contribution in [3.05, 3.63) is 6.33 Å². The first-order valence-electron chi connectivity index (χ1n) is 8.24. The molecule has 2 saturated heterocycles. The molecule has 1 aromatic rings. The molecule has 3 rings (SSSR count). The molecule has 0 radical (unpaired) electrons. The molecule has 22 heavy (non-hydrogen) atoms. The normalized spacial score (nSPS) is 27.2. The van der Waals surface area contributed by atoms with E-state index in [1.807, 2.05) is 4.90 Å². The van der Waals surface area contributed by atoms with Crippen molar-refractivity contribution in [1.82, 2.24) is 25.0 Å². The molecule has 0 bridgehead atoms. The number of H-pyrrole nitrogens is 1. The van der Waals surface area contributed by atoms with Crippen LogP contribution in [0.15, 0.2) is 6.33 Å². The number of carbonyl (C=O) groups excluding carboxylic acids is 1. The standard InChI is InChI=1S/C15H26N6O/c1-3-19-6-4-5-15(2,11-19)13(22)20-7-9-21(10-8-20)14-16-12-17-18-14/h12H,3-11H2,1-2H3,(H,16,17,18)/t15-/m1/s1. The lowest BCUT2D eigenvalue weighted by molar-refractivity contribution is -0.144. The first-order valence-corrected chi connectivity index (χ1v) is 8.24. The minimum absolute atomic E-state index is 0.220. The quantitative estimate of drug-likeness (QED) is 0.884. The molecule has 1 atom stereocenters. The van der Waals surface area contributed by atoms with Crippen LogP contribution in [0.25, 0.3) is 0 Å². The lowest BCUT2D eigenvalue weighted by Gasteiger charge is -2.43. The van der Waals surface area contributed by atoms with Gasteiger partial charge in [-0.05, 0) is 32.9 Å². The first-order chi connectivity index (χ1) is 10.6. The molecule has 122 valence electrons. The summed E-state index contributed by atoms with van der Waals surface area (Å²) in [5.74, 6) is 1.12. The zero-order valence-corrected chi connectivity index (χ0v) is 13.6. The second-order valence-corrected chi connectivity index (χ2v) is 6.62. The van der Waals surface area contributed by atoms with Gasteiger partial charge < -0.3 is 14.7 Å². The van der Waals surface area contributed by atoms with E-state index in [1.165, 1.54) is 6.33 Å². The number of carbonyl (C=O) groups is 1. The number of piperidine rings is 1. The van der Waals surface area contributed by atoms with E-state index in [9.17, 15) is 4.79 Å². The highest BCUT2D eigenvalue weighted by atomic mass is 16.2. The minimum Gasteiger partial charge on any atom is -0.339 e. The van der Waals surface area contributed by atoms with E-state index in [0.717, 1.165) is 64.6 Å². The van der Waals surface area contributed by atoms with Crippen LogP contribution in [0.4, 0.5) is 5.95 Å². The molecule has 7 nitrogen and oxygen atoms in total. The van der Waals surface area contributed by atoms with Crippen molar-refractivity contribution < 1.29 is 4.79 Å². The number of hydrogen-bond donors (Lipinski definition) is 1. The van der Waals surface area contributed by atoms with Crippen molar-refractivity contribution in [2.24, 2.45) is 5.41 Å². The average Bonchev–Trinajstić information content (AvgIpc) is 3.09. The van der Waals surface area contributed by atoms with E-state index in [0.29, 0.717) is 5.91 Å². The molecule has 2 aliphatic rings. The number of aromatic amines is 1. The Morgan fingerprint density at radius 3 is 2.73 bits per heavy atom. The smallest absolute Gasteiger partial charge is 0.229 e. The van der Waals surface area contributed by atoms with Crippen molar-refractivity contribution in [2.75, 3.05) is 50.7 Å². The molecule has 1 N–H and O–H groups in total. The van der Waals surface area contributed by atoms with Crippen LogP contribution < -0.4 is 4.90 Å². The fraction of sp³-hybridized carbons (Fsp3) is 0.800. The molecule has 1 aromatic heterocycles. The second kappa shape index (κ2) is 6.24. The Hall–Kier alpha value is -1.63. The van der Waals surface area contributed by atoms with Gasteiger partial charge in [-0.25, -0.2) is 5.10 Å². The summed E-state index contributed by atoms with van der Waals surface area (Å²) in [6, 6.07) is 0. The summed E-state index contributed by atoms with van der Waals surface area (Å²) in [6.45, 7) is 10.5. The summed E-state index contributed by atoms with van der Waals surface area (Å²) in [5, 5.41) is 6.78. The van der Waals surface area contributed by atoms with Gasteiger partial charge in [0.15, 0.2) is 0 Å². The maximum absolute atomic E-state index is 13.0. The second-order valence-electron chi connectivity index (χ2n) is 6.62. The van der Waals surface area contributed by atoms with Crippen molar-refractivity contribution in [3.63, 3.8) is 0 Å². The van der Waals surface area contributed by atoms with Gasteiger partial charge in [0.05, 0.1) is 5.41 Å².